The van der Waals surface area contributed by atoms with E-state index in [0.29, 0.717) is 49.8 Å². The fourth-order valence-corrected chi connectivity index (χ4v) is 6.67. The predicted octanol–water partition coefficient (Wildman–Crippen LogP) is 6.05. The Morgan fingerprint density at radius 2 is 2.16 bits per heavy atom. The van der Waals surface area contributed by atoms with Crippen molar-refractivity contribution < 1.29 is 19.1 Å². The molecule has 0 saturated carbocycles. The summed E-state index contributed by atoms with van der Waals surface area (Å²) in [5.74, 6) is 0.982. The summed E-state index contributed by atoms with van der Waals surface area (Å²) in [7, 11) is 1.36. The van der Waals surface area contributed by atoms with Crippen LogP contribution in [0.25, 0.3) is 0 Å². The normalized spacial score (nSPS) is 14.6. The van der Waals surface area contributed by atoms with Gasteiger partial charge in [0, 0.05) is 16.4 Å². The summed E-state index contributed by atoms with van der Waals surface area (Å²) in [5, 5.41) is 13.3. The van der Waals surface area contributed by atoms with Gasteiger partial charge in [-0.05, 0) is 48.9 Å². The third-order valence-electron chi connectivity index (χ3n) is 5.84. The van der Waals surface area contributed by atoms with Crippen molar-refractivity contribution >= 4 is 63.2 Å². The van der Waals surface area contributed by atoms with E-state index in [4.69, 9.17) is 32.7 Å². The first-order chi connectivity index (χ1) is 17.8. The number of hydrogen-bond donors (Lipinski definition) is 1. The molecule has 0 saturated heterocycles. The van der Waals surface area contributed by atoms with Gasteiger partial charge in [0.25, 0.3) is 0 Å². The van der Waals surface area contributed by atoms with Gasteiger partial charge in [0.15, 0.2) is 11.0 Å². The van der Waals surface area contributed by atoms with E-state index in [2.05, 4.69) is 29.0 Å². The average Bonchev–Trinajstić information content (AvgIpc) is 3.41. The number of esters is 1. The molecule has 196 valence electrons. The minimum Gasteiger partial charge on any atom is -0.484 e. The van der Waals surface area contributed by atoms with Crippen LogP contribution in [0.5, 0.6) is 5.75 Å². The second-order valence-electron chi connectivity index (χ2n) is 8.55. The van der Waals surface area contributed by atoms with Crippen LogP contribution in [0.1, 0.15) is 40.0 Å². The van der Waals surface area contributed by atoms with Crippen LogP contribution in [0.2, 0.25) is 10.0 Å². The molecular weight excluding hydrogens is 555 g/mol. The first kappa shape index (κ1) is 27.5. The summed E-state index contributed by atoms with van der Waals surface area (Å²) in [5.41, 5.74) is 1.47. The fraction of sp³-hybridized carbons (Fsp3) is 0.360. The van der Waals surface area contributed by atoms with Crippen molar-refractivity contribution in [2.45, 2.75) is 44.5 Å². The molecule has 1 amide bonds. The summed E-state index contributed by atoms with van der Waals surface area (Å²) in [6.07, 6.45) is 4.42. The Morgan fingerprint density at radius 3 is 2.89 bits per heavy atom. The number of hydrogen-bond acceptors (Lipinski definition) is 8. The maximum absolute atomic E-state index is 12.9. The Morgan fingerprint density at radius 1 is 1.35 bits per heavy atom. The zero-order valence-corrected chi connectivity index (χ0v) is 23.5. The predicted molar refractivity (Wildman–Crippen MR) is 147 cm³/mol. The second kappa shape index (κ2) is 12.3. The maximum atomic E-state index is 12.9. The van der Waals surface area contributed by atoms with Crippen LogP contribution in [-0.4, -0.2) is 39.5 Å². The molecule has 0 bridgehead atoms. The molecule has 1 aliphatic rings. The number of allylic oxidation sites excluding steroid dienone is 1. The monoisotopic (exact) mass is 580 g/mol. The second-order valence-corrected chi connectivity index (χ2v) is 11.4. The molecule has 4 rings (SSSR count). The lowest BCUT2D eigenvalue weighted by Gasteiger charge is -2.18. The van der Waals surface area contributed by atoms with E-state index in [-0.39, 0.29) is 18.3 Å². The Bertz CT molecular complexity index is 1320. The number of nitrogens with zero attached hydrogens (tertiary/aromatic N) is 3. The van der Waals surface area contributed by atoms with E-state index >= 15 is 0 Å². The molecule has 1 aromatic carbocycles. The number of nitrogens with one attached hydrogen (secondary N) is 1. The number of methoxy groups -OCH3 is 1. The fourth-order valence-electron chi connectivity index (χ4n) is 4.03. The molecule has 1 aliphatic carbocycles. The van der Waals surface area contributed by atoms with E-state index in [1.54, 1.807) is 24.3 Å². The number of ether oxygens (including phenoxy) is 2. The molecule has 2 aromatic heterocycles. The summed E-state index contributed by atoms with van der Waals surface area (Å²) in [4.78, 5) is 26.5. The van der Waals surface area contributed by atoms with E-state index in [1.807, 2.05) is 4.57 Å². The van der Waals surface area contributed by atoms with Crippen LogP contribution in [0.3, 0.4) is 0 Å². The summed E-state index contributed by atoms with van der Waals surface area (Å²) < 4.78 is 12.6. The first-order valence-corrected chi connectivity index (χ1v) is 14.1. The number of carbonyl (C=O) groups excluding carboxylic acids is 2. The van der Waals surface area contributed by atoms with E-state index < -0.39 is 5.97 Å². The van der Waals surface area contributed by atoms with Gasteiger partial charge in [-0.1, -0.05) is 48.0 Å². The highest BCUT2D eigenvalue weighted by Crippen LogP contribution is 2.40. The largest absolute Gasteiger partial charge is 0.484 e. The SMILES string of the molecule is C=CCn1c(COc2ccc(Cl)cc2Cl)nnc1SCC(=O)Nc1sc2c(c1C(=O)OC)CCC(C)C2. The standard InChI is InChI=1S/C25H26Cl2N4O4S2/c1-4-9-31-20(12-35-18-8-6-15(26)11-17(18)27)29-30-25(31)36-13-21(32)28-23-22(24(33)34-3)16-7-5-14(2)10-19(16)37-23/h4,6,8,11,14H,1,5,7,9-10,12-13H2,2-3H3,(H,28,32). The van der Waals surface area contributed by atoms with Gasteiger partial charge < -0.3 is 14.8 Å². The number of benzene rings is 1. The molecular formula is C25H26Cl2N4O4S2. The minimum absolute atomic E-state index is 0.0821. The molecule has 1 atom stereocenters. The lowest BCUT2D eigenvalue weighted by Crippen LogP contribution is -2.17. The van der Waals surface area contributed by atoms with Crippen LogP contribution >= 0.6 is 46.3 Å². The van der Waals surface area contributed by atoms with Crippen LogP contribution in [0, 0.1) is 5.92 Å². The maximum Gasteiger partial charge on any atom is 0.341 e. The number of thiophene rings is 1. The smallest absolute Gasteiger partial charge is 0.341 e. The van der Waals surface area contributed by atoms with Crippen molar-refractivity contribution in [3.05, 3.63) is 62.7 Å². The van der Waals surface area contributed by atoms with Crippen molar-refractivity contribution in [2.24, 2.45) is 5.92 Å². The molecule has 3 aromatic rings. The van der Waals surface area contributed by atoms with Crippen LogP contribution in [-0.2, 0) is 35.5 Å². The first-order valence-electron chi connectivity index (χ1n) is 11.6. The van der Waals surface area contributed by atoms with Crippen molar-refractivity contribution in [3.63, 3.8) is 0 Å². The van der Waals surface area contributed by atoms with Crippen molar-refractivity contribution in [2.75, 3.05) is 18.2 Å². The quantitative estimate of drug-likeness (QED) is 0.177. The Hall–Kier alpha value is -2.53. The third kappa shape index (κ3) is 6.49. The number of thioether (sulfide) groups is 1. The number of fused-ring (bicyclic) bond motifs is 1. The Kier molecular flexibility index (Phi) is 9.17. The molecule has 37 heavy (non-hydrogen) atoms. The van der Waals surface area contributed by atoms with E-state index in [9.17, 15) is 9.59 Å². The zero-order valence-electron chi connectivity index (χ0n) is 20.4. The molecule has 0 aliphatic heterocycles. The molecule has 0 radical (unpaired) electrons. The van der Waals surface area contributed by atoms with Crippen molar-refractivity contribution in [1.29, 1.82) is 0 Å². The summed E-state index contributed by atoms with van der Waals surface area (Å²) >= 11 is 14.8. The number of carbonyl (C=O) groups is 2. The molecule has 0 fully saturated rings. The number of aromatic nitrogens is 3. The summed E-state index contributed by atoms with van der Waals surface area (Å²) in [6, 6.07) is 4.97. The van der Waals surface area contributed by atoms with Gasteiger partial charge in [-0.25, -0.2) is 4.79 Å². The van der Waals surface area contributed by atoms with Gasteiger partial charge in [0.05, 0.1) is 23.4 Å². The molecule has 1 N–H and O–H groups in total. The minimum atomic E-state index is -0.425. The van der Waals surface area contributed by atoms with E-state index in [0.717, 1.165) is 29.7 Å². The van der Waals surface area contributed by atoms with Crippen LogP contribution in [0.15, 0.2) is 36.0 Å². The average molecular weight is 582 g/mol. The number of amides is 1. The molecule has 8 nitrogen and oxygen atoms in total. The van der Waals surface area contributed by atoms with E-state index in [1.165, 1.54) is 30.2 Å². The zero-order chi connectivity index (χ0) is 26.5. The molecule has 2 heterocycles. The van der Waals surface area contributed by atoms with Crippen LogP contribution in [0.4, 0.5) is 5.00 Å². The third-order valence-corrected chi connectivity index (χ3v) is 8.51. The lowest BCUT2D eigenvalue weighted by atomic mass is 9.88. The Labute approximate surface area is 233 Å². The summed E-state index contributed by atoms with van der Waals surface area (Å²) in [6.45, 7) is 6.55. The van der Waals surface area contributed by atoms with Gasteiger partial charge in [0.1, 0.15) is 17.4 Å². The van der Waals surface area contributed by atoms with Gasteiger partial charge in [-0.2, -0.15) is 0 Å². The molecule has 12 heteroatoms. The number of anilines is 1. The van der Waals surface area contributed by atoms with Crippen LogP contribution < -0.4 is 10.1 Å². The number of halogens is 2. The highest BCUT2D eigenvalue weighted by atomic mass is 35.5. The van der Waals surface area contributed by atoms with Gasteiger partial charge in [0.2, 0.25) is 5.91 Å². The van der Waals surface area contributed by atoms with Crippen molar-refractivity contribution in [3.8, 4) is 5.75 Å². The van der Waals surface area contributed by atoms with Gasteiger partial charge in [-0.15, -0.1) is 28.1 Å². The number of rotatable bonds is 10. The van der Waals surface area contributed by atoms with Gasteiger partial charge >= 0.3 is 5.97 Å². The highest BCUT2D eigenvalue weighted by Gasteiger charge is 2.29. The Balaban J connectivity index is 1.43. The van der Waals surface area contributed by atoms with Crippen molar-refractivity contribution in [1.82, 2.24) is 14.8 Å². The van der Waals surface area contributed by atoms with Gasteiger partial charge in [-0.3, -0.25) is 9.36 Å². The lowest BCUT2D eigenvalue weighted by molar-refractivity contribution is -0.113. The molecule has 1 unspecified atom stereocenters. The topological polar surface area (TPSA) is 95.3 Å². The highest BCUT2D eigenvalue weighted by molar-refractivity contribution is 7.99. The molecule has 0 spiro atoms.